The van der Waals surface area contributed by atoms with Crippen molar-refractivity contribution in [2.24, 2.45) is 0 Å². The predicted molar refractivity (Wildman–Crippen MR) is 108 cm³/mol. The molecule has 0 unspecified atom stereocenters. The fourth-order valence-electron chi connectivity index (χ4n) is 2.93. The van der Waals surface area contributed by atoms with Crippen LogP contribution in [0.4, 0.5) is 0 Å². The van der Waals surface area contributed by atoms with Gasteiger partial charge in [-0.15, -0.1) is 0 Å². The second-order valence-corrected chi connectivity index (χ2v) is 6.75. The standard InChI is InChI=1S/C22H25N3O4/c1-15-19(16(2)29-24-15)14-28-20-9-8-17(13-21(20)27-4)22(26)25(3)12-10-18-7-5-6-11-23-18/h5-9,11,13H,10,12,14H2,1-4H3. The number of pyridine rings is 1. The lowest BCUT2D eigenvalue weighted by Crippen LogP contribution is -2.29. The van der Waals surface area contributed by atoms with Crippen molar-refractivity contribution in [1.82, 2.24) is 15.0 Å². The maximum absolute atomic E-state index is 12.8. The highest BCUT2D eigenvalue weighted by atomic mass is 16.5. The van der Waals surface area contributed by atoms with Gasteiger partial charge in [-0.2, -0.15) is 0 Å². The number of aryl methyl sites for hydroxylation is 2. The molecule has 0 aliphatic carbocycles. The minimum absolute atomic E-state index is 0.0866. The first-order chi connectivity index (χ1) is 14.0. The normalized spacial score (nSPS) is 10.6. The Hall–Kier alpha value is -3.35. The number of nitrogens with zero attached hydrogens (tertiary/aromatic N) is 3. The topological polar surface area (TPSA) is 77.7 Å². The number of carbonyl (C=O) groups is 1. The average Bonchev–Trinajstić information content (AvgIpc) is 3.07. The van der Waals surface area contributed by atoms with Gasteiger partial charge in [-0.05, 0) is 44.2 Å². The van der Waals surface area contributed by atoms with Gasteiger partial charge < -0.3 is 18.9 Å². The average molecular weight is 395 g/mol. The number of methoxy groups -OCH3 is 1. The van der Waals surface area contributed by atoms with Gasteiger partial charge in [0.1, 0.15) is 12.4 Å². The van der Waals surface area contributed by atoms with Crippen molar-refractivity contribution in [1.29, 1.82) is 0 Å². The van der Waals surface area contributed by atoms with Gasteiger partial charge in [-0.25, -0.2) is 0 Å². The van der Waals surface area contributed by atoms with Gasteiger partial charge in [-0.3, -0.25) is 9.78 Å². The van der Waals surface area contributed by atoms with E-state index in [1.54, 1.807) is 43.5 Å². The molecule has 3 aromatic rings. The van der Waals surface area contributed by atoms with Crippen molar-refractivity contribution < 1.29 is 18.8 Å². The smallest absolute Gasteiger partial charge is 0.253 e. The van der Waals surface area contributed by atoms with Gasteiger partial charge in [0.2, 0.25) is 0 Å². The van der Waals surface area contributed by atoms with Gasteiger partial charge in [0, 0.05) is 37.5 Å². The number of rotatable bonds is 8. The van der Waals surface area contributed by atoms with Crippen LogP contribution in [-0.4, -0.2) is 41.6 Å². The van der Waals surface area contributed by atoms with Gasteiger partial charge in [-0.1, -0.05) is 11.2 Å². The van der Waals surface area contributed by atoms with Crippen molar-refractivity contribution in [3.8, 4) is 11.5 Å². The molecule has 0 saturated heterocycles. The first kappa shape index (κ1) is 20.4. The minimum Gasteiger partial charge on any atom is -0.493 e. The third-order valence-electron chi connectivity index (χ3n) is 4.74. The molecule has 1 amide bonds. The number of hydrogen-bond donors (Lipinski definition) is 0. The number of carbonyl (C=O) groups excluding carboxylic acids is 1. The maximum atomic E-state index is 12.8. The Balaban J connectivity index is 1.66. The Kier molecular flexibility index (Phi) is 6.49. The van der Waals surface area contributed by atoms with Crippen LogP contribution in [-0.2, 0) is 13.0 Å². The molecule has 1 aromatic carbocycles. The molecule has 3 rings (SSSR count). The molecule has 0 spiro atoms. The van der Waals surface area contributed by atoms with E-state index in [9.17, 15) is 4.79 Å². The summed E-state index contributed by atoms with van der Waals surface area (Å²) in [5, 5.41) is 3.93. The third-order valence-corrected chi connectivity index (χ3v) is 4.74. The first-order valence-electron chi connectivity index (χ1n) is 9.37. The third kappa shape index (κ3) is 4.93. The van der Waals surface area contributed by atoms with Crippen molar-refractivity contribution in [2.45, 2.75) is 26.9 Å². The van der Waals surface area contributed by atoms with E-state index >= 15 is 0 Å². The Morgan fingerprint density at radius 3 is 2.66 bits per heavy atom. The molecule has 0 bridgehead atoms. The molecular formula is C22H25N3O4. The first-order valence-corrected chi connectivity index (χ1v) is 9.37. The molecule has 2 aromatic heterocycles. The molecule has 7 heteroatoms. The van der Waals surface area contributed by atoms with Gasteiger partial charge in [0.15, 0.2) is 11.5 Å². The van der Waals surface area contributed by atoms with Gasteiger partial charge in [0.05, 0.1) is 18.4 Å². The zero-order valence-electron chi connectivity index (χ0n) is 17.1. The predicted octanol–water partition coefficient (Wildman–Crippen LogP) is 3.59. The second-order valence-electron chi connectivity index (χ2n) is 6.75. The van der Waals surface area contributed by atoms with E-state index in [2.05, 4.69) is 10.1 Å². The summed E-state index contributed by atoms with van der Waals surface area (Å²) in [6.45, 7) is 4.60. The Morgan fingerprint density at radius 1 is 1.17 bits per heavy atom. The van der Waals surface area contributed by atoms with E-state index in [0.29, 0.717) is 36.6 Å². The van der Waals surface area contributed by atoms with Gasteiger partial charge >= 0.3 is 0 Å². The molecule has 29 heavy (non-hydrogen) atoms. The van der Waals surface area contributed by atoms with Crippen LogP contribution in [0.15, 0.2) is 47.1 Å². The summed E-state index contributed by atoms with van der Waals surface area (Å²) in [6, 6.07) is 11.0. The number of benzene rings is 1. The zero-order chi connectivity index (χ0) is 20.8. The summed E-state index contributed by atoms with van der Waals surface area (Å²) < 4.78 is 16.5. The summed E-state index contributed by atoms with van der Waals surface area (Å²) in [7, 11) is 3.33. The molecule has 0 fully saturated rings. The summed E-state index contributed by atoms with van der Waals surface area (Å²) in [5.74, 6) is 1.69. The largest absolute Gasteiger partial charge is 0.493 e. The Morgan fingerprint density at radius 2 is 2.00 bits per heavy atom. The second kappa shape index (κ2) is 9.23. The zero-order valence-corrected chi connectivity index (χ0v) is 17.1. The minimum atomic E-state index is -0.0866. The SMILES string of the molecule is COc1cc(C(=O)N(C)CCc2ccccn2)ccc1OCc1c(C)noc1C. The Labute approximate surface area is 170 Å². The van der Waals surface area contributed by atoms with Gasteiger partial charge in [0.25, 0.3) is 5.91 Å². The van der Waals surface area contributed by atoms with E-state index in [4.69, 9.17) is 14.0 Å². The molecule has 0 atom stereocenters. The van der Waals surface area contributed by atoms with E-state index in [-0.39, 0.29) is 5.91 Å². The van der Waals surface area contributed by atoms with Crippen molar-refractivity contribution >= 4 is 5.91 Å². The van der Waals surface area contributed by atoms with Crippen LogP contribution < -0.4 is 9.47 Å². The van der Waals surface area contributed by atoms with E-state index in [0.717, 1.165) is 22.7 Å². The summed E-state index contributed by atoms with van der Waals surface area (Å²) in [5.41, 5.74) is 3.19. The lowest BCUT2D eigenvalue weighted by Gasteiger charge is -2.18. The Bertz CT molecular complexity index is 950. The van der Waals surface area contributed by atoms with Crippen LogP contribution >= 0.6 is 0 Å². The van der Waals surface area contributed by atoms with Crippen LogP contribution in [0.25, 0.3) is 0 Å². The molecule has 0 saturated carbocycles. The number of likely N-dealkylation sites (N-methyl/N-ethyl adjacent to an activating group) is 1. The van der Waals surface area contributed by atoms with Crippen molar-refractivity contribution in [3.63, 3.8) is 0 Å². The van der Waals surface area contributed by atoms with Crippen molar-refractivity contribution in [3.05, 3.63) is 70.9 Å². The van der Waals surface area contributed by atoms with Crippen molar-refractivity contribution in [2.75, 3.05) is 20.7 Å². The molecule has 0 radical (unpaired) electrons. The highest BCUT2D eigenvalue weighted by Gasteiger charge is 2.16. The fourth-order valence-corrected chi connectivity index (χ4v) is 2.93. The summed E-state index contributed by atoms with van der Waals surface area (Å²) >= 11 is 0. The van der Waals surface area contributed by atoms with E-state index in [1.807, 2.05) is 32.0 Å². The molecular weight excluding hydrogens is 370 g/mol. The molecule has 152 valence electrons. The fraction of sp³-hybridized carbons (Fsp3) is 0.318. The number of amides is 1. The lowest BCUT2D eigenvalue weighted by atomic mass is 10.1. The van der Waals surface area contributed by atoms with E-state index < -0.39 is 0 Å². The van der Waals surface area contributed by atoms with E-state index in [1.165, 1.54) is 0 Å². The maximum Gasteiger partial charge on any atom is 0.253 e. The van der Waals surface area contributed by atoms with Crippen LogP contribution in [0.1, 0.15) is 33.1 Å². The van der Waals surface area contributed by atoms with Crippen LogP contribution in [0.2, 0.25) is 0 Å². The summed E-state index contributed by atoms with van der Waals surface area (Å²) in [4.78, 5) is 18.7. The molecule has 0 N–H and O–H groups in total. The van der Waals surface area contributed by atoms with Crippen LogP contribution in [0.3, 0.4) is 0 Å². The molecule has 0 aliphatic heterocycles. The highest BCUT2D eigenvalue weighted by Crippen LogP contribution is 2.30. The van der Waals surface area contributed by atoms with Crippen LogP contribution in [0, 0.1) is 13.8 Å². The lowest BCUT2D eigenvalue weighted by molar-refractivity contribution is 0.0796. The number of hydrogen-bond acceptors (Lipinski definition) is 6. The van der Waals surface area contributed by atoms with Crippen LogP contribution in [0.5, 0.6) is 11.5 Å². The molecule has 0 aliphatic rings. The quantitative estimate of drug-likeness (QED) is 0.580. The summed E-state index contributed by atoms with van der Waals surface area (Å²) in [6.07, 6.45) is 2.45. The monoisotopic (exact) mass is 395 g/mol. The highest BCUT2D eigenvalue weighted by molar-refractivity contribution is 5.94. The number of aromatic nitrogens is 2. The molecule has 2 heterocycles. The molecule has 7 nitrogen and oxygen atoms in total. The number of ether oxygens (including phenoxy) is 2.